The highest BCUT2D eigenvalue weighted by atomic mass is 15.5. The predicted octanol–water partition coefficient (Wildman–Crippen LogP) is -0.982. The maximum absolute atomic E-state index is 4.44. The maximum Gasteiger partial charge on any atom is 0.114 e. The Morgan fingerprint density at radius 2 is 1.87 bits per heavy atom. The molecule has 1 saturated carbocycles. The molecule has 0 amide bonds. The van der Waals surface area contributed by atoms with E-state index in [1.54, 1.807) is 0 Å². The summed E-state index contributed by atoms with van der Waals surface area (Å²) in [5, 5.41) is 19.7. The van der Waals surface area contributed by atoms with Crippen molar-refractivity contribution in [2.75, 3.05) is 19.6 Å². The van der Waals surface area contributed by atoms with Gasteiger partial charge >= 0.3 is 0 Å². The van der Waals surface area contributed by atoms with E-state index in [0.29, 0.717) is 24.2 Å². The first-order chi connectivity index (χ1) is 11.4. The molecule has 5 N–H and O–H groups in total. The molecule has 126 valence electrons. The summed E-state index contributed by atoms with van der Waals surface area (Å²) < 4.78 is 2.07. The minimum atomic E-state index is 0.146. The summed E-state index contributed by atoms with van der Waals surface area (Å²) in [5.41, 5.74) is 7.75. The molecular weight excluding hydrogens is 292 g/mol. The first kappa shape index (κ1) is 14.3. The number of fused-ring (bicyclic) bond motifs is 2. The summed E-state index contributed by atoms with van der Waals surface area (Å²) in [7, 11) is 0. The van der Waals surface area contributed by atoms with E-state index in [-0.39, 0.29) is 6.17 Å². The highest BCUT2D eigenvalue weighted by Gasteiger charge is 2.44. The molecule has 4 heterocycles. The Balaban J connectivity index is 1.27. The van der Waals surface area contributed by atoms with E-state index in [9.17, 15) is 0 Å². The molecule has 1 aromatic rings. The molecule has 0 spiro atoms. The quantitative estimate of drug-likeness (QED) is 0.479. The monoisotopic (exact) mass is 318 g/mol. The van der Waals surface area contributed by atoms with E-state index in [1.165, 1.54) is 12.8 Å². The minimum Gasteiger partial charge on any atom is -0.317 e. The second kappa shape index (κ2) is 5.78. The third-order valence-electron chi connectivity index (χ3n) is 6.04. The fraction of sp³-hybridized carbons (Fsp3) is 0.867. The zero-order valence-electron chi connectivity index (χ0n) is 13.3. The number of nitrogens with zero attached hydrogens (tertiary/aromatic N) is 3. The largest absolute Gasteiger partial charge is 0.317 e. The van der Waals surface area contributed by atoms with Crippen LogP contribution in [0.3, 0.4) is 0 Å². The standard InChI is InChI=1S/C15H26N8/c1-3-16-4-2-10(1)23-8-14(21-22-23)15-18-12-5-9-7-17-20-11(9)6-13(12)19-15/h8-13,15-20H,1-7H2. The highest BCUT2D eigenvalue weighted by molar-refractivity contribution is 5.11. The molecule has 1 aliphatic carbocycles. The van der Waals surface area contributed by atoms with Crippen LogP contribution >= 0.6 is 0 Å². The minimum absolute atomic E-state index is 0.146. The van der Waals surface area contributed by atoms with Crippen LogP contribution < -0.4 is 26.8 Å². The van der Waals surface area contributed by atoms with Crippen LogP contribution in [-0.2, 0) is 0 Å². The van der Waals surface area contributed by atoms with Crippen LogP contribution in [0.1, 0.15) is 43.6 Å². The van der Waals surface area contributed by atoms with Crippen molar-refractivity contribution in [1.29, 1.82) is 0 Å². The van der Waals surface area contributed by atoms with Crippen molar-refractivity contribution in [2.45, 2.75) is 56.0 Å². The first-order valence-electron chi connectivity index (χ1n) is 9.00. The molecule has 8 nitrogen and oxygen atoms in total. The molecule has 5 atom stereocenters. The third kappa shape index (κ3) is 2.58. The average Bonchev–Trinajstić information content (AvgIpc) is 3.31. The second-order valence-corrected chi connectivity index (χ2v) is 7.45. The molecule has 0 bridgehead atoms. The van der Waals surface area contributed by atoms with Crippen LogP contribution in [-0.4, -0.2) is 52.8 Å². The van der Waals surface area contributed by atoms with E-state index in [2.05, 4.69) is 48.0 Å². The zero-order chi connectivity index (χ0) is 15.2. The molecule has 1 aromatic heterocycles. The summed E-state index contributed by atoms with van der Waals surface area (Å²) in [6.45, 7) is 3.24. The highest BCUT2D eigenvalue weighted by Crippen LogP contribution is 2.32. The lowest BCUT2D eigenvalue weighted by molar-refractivity contribution is 0.265. The van der Waals surface area contributed by atoms with Gasteiger partial charge in [0.25, 0.3) is 0 Å². The number of hydrogen-bond acceptors (Lipinski definition) is 7. The average molecular weight is 318 g/mol. The summed E-state index contributed by atoms with van der Waals surface area (Å²) in [6.07, 6.45) is 6.96. The Hall–Kier alpha value is -1.06. The van der Waals surface area contributed by atoms with Gasteiger partial charge in [-0.25, -0.2) is 4.68 Å². The van der Waals surface area contributed by atoms with Gasteiger partial charge in [-0.2, -0.15) is 0 Å². The van der Waals surface area contributed by atoms with Crippen LogP contribution in [0.4, 0.5) is 0 Å². The van der Waals surface area contributed by atoms with Gasteiger partial charge in [-0.05, 0) is 44.7 Å². The van der Waals surface area contributed by atoms with Crippen molar-refractivity contribution < 1.29 is 0 Å². The number of aromatic nitrogens is 3. The van der Waals surface area contributed by atoms with Gasteiger partial charge in [0.1, 0.15) is 11.9 Å². The number of hydrogen-bond donors (Lipinski definition) is 5. The Morgan fingerprint density at radius 1 is 1.04 bits per heavy atom. The summed E-state index contributed by atoms with van der Waals surface area (Å²) in [4.78, 5) is 0. The van der Waals surface area contributed by atoms with Gasteiger partial charge in [0, 0.05) is 24.7 Å². The molecule has 4 aliphatic rings. The first-order valence-corrected chi connectivity index (χ1v) is 9.00. The molecule has 0 aromatic carbocycles. The normalized spacial score (nSPS) is 41.0. The number of rotatable bonds is 2. The SMILES string of the molecule is c1c(C2NC3CC4CNNC4CC3N2)nnn1C1CCNCC1. The fourth-order valence-electron chi connectivity index (χ4n) is 4.70. The lowest BCUT2D eigenvalue weighted by atomic mass is 9.80. The second-order valence-electron chi connectivity index (χ2n) is 7.45. The van der Waals surface area contributed by atoms with Crippen LogP contribution in [0.25, 0.3) is 0 Å². The molecule has 5 unspecified atom stereocenters. The van der Waals surface area contributed by atoms with E-state index >= 15 is 0 Å². The van der Waals surface area contributed by atoms with Crippen molar-refractivity contribution in [3.63, 3.8) is 0 Å². The van der Waals surface area contributed by atoms with Gasteiger partial charge in [0.15, 0.2) is 0 Å². The third-order valence-corrected chi connectivity index (χ3v) is 6.04. The Bertz CT molecular complexity index is 533. The van der Waals surface area contributed by atoms with Gasteiger partial charge in [0.05, 0.1) is 12.2 Å². The zero-order valence-corrected chi connectivity index (χ0v) is 13.3. The molecular formula is C15H26N8. The molecule has 0 radical (unpaired) electrons. The Kier molecular flexibility index (Phi) is 3.60. The summed E-state index contributed by atoms with van der Waals surface area (Å²) >= 11 is 0. The lowest BCUT2D eigenvalue weighted by Gasteiger charge is -2.33. The van der Waals surface area contributed by atoms with Gasteiger partial charge in [-0.1, -0.05) is 5.21 Å². The van der Waals surface area contributed by atoms with Crippen molar-refractivity contribution in [3.05, 3.63) is 11.9 Å². The van der Waals surface area contributed by atoms with Gasteiger partial charge in [-0.3, -0.25) is 21.5 Å². The molecule has 23 heavy (non-hydrogen) atoms. The molecule has 4 fully saturated rings. The summed E-state index contributed by atoms with van der Waals surface area (Å²) in [6, 6.07) is 2.18. The van der Waals surface area contributed by atoms with E-state index in [0.717, 1.165) is 44.1 Å². The van der Waals surface area contributed by atoms with Crippen molar-refractivity contribution >= 4 is 0 Å². The van der Waals surface area contributed by atoms with Crippen LogP contribution in [0.5, 0.6) is 0 Å². The van der Waals surface area contributed by atoms with Crippen molar-refractivity contribution in [1.82, 2.24) is 41.8 Å². The molecule has 5 rings (SSSR count). The van der Waals surface area contributed by atoms with Gasteiger partial charge in [-0.15, -0.1) is 5.10 Å². The Morgan fingerprint density at radius 3 is 2.74 bits per heavy atom. The Labute approximate surface area is 136 Å². The lowest BCUT2D eigenvalue weighted by Crippen LogP contribution is -2.48. The molecule has 3 aliphatic heterocycles. The van der Waals surface area contributed by atoms with Crippen LogP contribution in [0, 0.1) is 5.92 Å². The smallest absolute Gasteiger partial charge is 0.114 e. The predicted molar refractivity (Wildman–Crippen MR) is 85.4 cm³/mol. The van der Waals surface area contributed by atoms with E-state index < -0.39 is 0 Å². The number of nitrogens with one attached hydrogen (secondary N) is 5. The molecule has 8 heteroatoms. The van der Waals surface area contributed by atoms with Crippen LogP contribution in [0.2, 0.25) is 0 Å². The van der Waals surface area contributed by atoms with Crippen LogP contribution in [0.15, 0.2) is 6.20 Å². The number of piperidine rings is 1. The topological polar surface area (TPSA) is 90.9 Å². The maximum atomic E-state index is 4.44. The van der Waals surface area contributed by atoms with E-state index in [1.807, 2.05) is 0 Å². The number of hydrazine groups is 1. The van der Waals surface area contributed by atoms with Gasteiger partial charge in [0.2, 0.25) is 0 Å². The van der Waals surface area contributed by atoms with E-state index in [4.69, 9.17) is 0 Å². The summed E-state index contributed by atoms with van der Waals surface area (Å²) in [5.74, 6) is 0.745. The fourth-order valence-corrected chi connectivity index (χ4v) is 4.70. The van der Waals surface area contributed by atoms with Crippen molar-refractivity contribution in [3.8, 4) is 0 Å². The van der Waals surface area contributed by atoms with Gasteiger partial charge < -0.3 is 5.32 Å². The molecule has 3 saturated heterocycles. The van der Waals surface area contributed by atoms with Crippen molar-refractivity contribution in [2.24, 2.45) is 5.92 Å².